The molecule has 0 aromatic heterocycles. The summed E-state index contributed by atoms with van der Waals surface area (Å²) in [6.07, 6.45) is 0.474. The topological polar surface area (TPSA) is 110 Å². The van der Waals surface area contributed by atoms with Gasteiger partial charge in [0.15, 0.2) is 5.78 Å². The Labute approximate surface area is 146 Å². The minimum absolute atomic E-state index is 0.0543. The molecule has 0 aliphatic carbocycles. The molecule has 0 atom stereocenters. The van der Waals surface area contributed by atoms with E-state index in [4.69, 9.17) is 4.74 Å². The van der Waals surface area contributed by atoms with E-state index in [1.165, 1.54) is 31.2 Å². The third-order valence-electron chi connectivity index (χ3n) is 3.72. The van der Waals surface area contributed by atoms with Crippen LogP contribution in [0.4, 0.5) is 0 Å². The van der Waals surface area contributed by atoms with Gasteiger partial charge in [0.05, 0.1) is 24.7 Å². The number of likely N-dealkylation sites (tertiary alicyclic amines) is 1. The van der Waals surface area contributed by atoms with Gasteiger partial charge in [-0.2, -0.15) is 0 Å². The van der Waals surface area contributed by atoms with Gasteiger partial charge >= 0.3 is 0 Å². The van der Waals surface area contributed by atoms with Gasteiger partial charge in [0, 0.05) is 24.9 Å². The standard InChI is InChI=1S/C16H20N2O6S/c1-12(19)13-2-4-14(5-3-13)25(22,23)17-8-10-24-11-9-18-15(20)6-7-16(18)21/h2-5,17H,6-11H2,1H3. The number of carbonyl (C=O) groups is 3. The maximum Gasteiger partial charge on any atom is 0.240 e. The lowest BCUT2D eigenvalue weighted by Gasteiger charge is -2.13. The number of Topliss-reactive ketones (excluding diaryl/α,β-unsaturated/α-hetero) is 1. The summed E-state index contributed by atoms with van der Waals surface area (Å²) in [6.45, 7) is 1.91. The average Bonchev–Trinajstić information content (AvgIpc) is 2.89. The molecule has 2 rings (SSSR count). The van der Waals surface area contributed by atoms with Crippen molar-refractivity contribution in [2.75, 3.05) is 26.3 Å². The van der Waals surface area contributed by atoms with E-state index >= 15 is 0 Å². The Morgan fingerprint density at radius 1 is 1.12 bits per heavy atom. The lowest BCUT2D eigenvalue weighted by atomic mass is 10.2. The molecular formula is C16H20N2O6S. The molecular weight excluding hydrogens is 348 g/mol. The minimum atomic E-state index is -3.68. The highest BCUT2D eigenvalue weighted by Crippen LogP contribution is 2.11. The van der Waals surface area contributed by atoms with Crippen LogP contribution < -0.4 is 4.72 Å². The monoisotopic (exact) mass is 368 g/mol. The van der Waals surface area contributed by atoms with Gasteiger partial charge < -0.3 is 4.74 Å². The largest absolute Gasteiger partial charge is 0.378 e. The highest BCUT2D eigenvalue weighted by Gasteiger charge is 2.28. The van der Waals surface area contributed by atoms with Gasteiger partial charge in [0.25, 0.3) is 0 Å². The van der Waals surface area contributed by atoms with E-state index in [2.05, 4.69) is 4.72 Å². The van der Waals surface area contributed by atoms with Crippen molar-refractivity contribution in [2.45, 2.75) is 24.7 Å². The molecule has 0 spiro atoms. The molecule has 1 aromatic carbocycles. The van der Waals surface area contributed by atoms with Crippen LogP contribution in [-0.4, -0.2) is 57.2 Å². The molecule has 1 heterocycles. The fraction of sp³-hybridized carbons (Fsp3) is 0.438. The van der Waals surface area contributed by atoms with Crippen LogP contribution in [0.1, 0.15) is 30.1 Å². The number of amides is 2. The van der Waals surface area contributed by atoms with E-state index in [0.717, 1.165) is 4.90 Å². The molecule has 1 aromatic rings. The number of rotatable bonds is 9. The van der Waals surface area contributed by atoms with Crippen molar-refractivity contribution in [2.24, 2.45) is 0 Å². The SMILES string of the molecule is CC(=O)c1ccc(S(=O)(=O)NCCOCCN2C(=O)CCC2=O)cc1. The molecule has 136 valence electrons. The van der Waals surface area contributed by atoms with Crippen molar-refractivity contribution in [3.8, 4) is 0 Å². The van der Waals surface area contributed by atoms with Gasteiger partial charge in [-0.1, -0.05) is 12.1 Å². The molecule has 1 saturated heterocycles. The Hall–Kier alpha value is -2.10. The number of ether oxygens (including phenoxy) is 1. The summed E-state index contributed by atoms with van der Waals surface area (Å²) in [5.41, 5.74) is 0.438. The number of benzene rings is 1. The second kappa shape index (κ2) is 8.32. The number of hydrogen-bond donors (Lipinski definition) is 1. The van der Waals surface area contributed by atoms with Crippen LogP contribution in [0.25, 0.3) is 0 Å². The second-order valence-corrected chi connectivity index (χ2v) is 7.30. The number of carbonyl (C=O) groups excluding carboxylic acids is 3. The van der Waals surface area contributed by atoms with Gasteiger partial charge in [-0.05, 0) is 19.1 Å². The van der Waals surface area contributed by atoms with Crippen LogP contribution in [0.3, 0.4) is 0 Å². The zero-order valence-corrected chi connectivity index (χ0v) is 14.7. The molecule has 2 amide bonds. The molecule has 0 unspecified atom stereocenters. The van der Waals surface area contributed by atoms with E-state index in [0.29, 0.717) is 5.56 Å². The van der Waals surface area contributed by atoms with Crippen LogP contribution in [0.5, 0.6) is 0 Å². The Morgan fingerprint density at radius 2 is 1.72 bits per heavy atom. The third-order valence-corrected chi connectivity index (χ3v) is 5.20. The normalized spacial score (nSPS) is 15.0. The first-order valence-corrected chi connectivity index (χ1v) is 9.31. The van der Waals surface area contributed by atoms with E-state index in [9.17, 15) is 22.8 Å². The van der Waals surface area contributed by atoms with Crippen LogP contribution in [0, 0.1) is 0 Å². The molecule has 0 bridgehead atoms. The predicted octanol–water partition coefficient (Wildman–Crippen LogP) is 0.333. The van der Waals surface area contributed by atoms with E-state index < -0.39 is 10.0 Å². The maximum atomic E-state index is 12.1. The Morgan fingerprint density at radius 3 is 2.28 bits per heavy atom. The zero-order chi connectivity index (χ0) is 18.4. The summed E-state index contributed by atoms with van der Waals surface area (Å²) < 4.78 is 31.8. The molecule has 1 aliphatic rings. The molecule has 9 heteroatoms. The first-order valence-electron chi connectivity index (χ1n) is 7.83. The molecule has 8 nitrogen and oxygen atoms in total. The summed E-state index contributed by atoms with van der Waals surface area (Å²) in [7, 11) is -3.68. The smallest absolute Gasteiger partial charge is 0.240 e. The van der Waals surface area contributed by atoms with Gasteiger partial charge in [0.1, 0.15) is 0 Å². The van der Waals surface area contributed by atoms with Gasteiger partial charge in [-0.25, -0.2) is 13.1 Å². The van der Waals surface area contributed by atoms with Gasteiger partial charge in [-0.3, -0.25) is 19.3 Å². The predicted molar refractivity (Wildman–Crippen MR) is 88.4 cm³/mol. The highest BCUT2D eigenvalue weighted by atomic mass is 32.2. The van der Waals surface area contributed by atoms with Crippen molar-refractivity contribution in [1.82, 2.24) is 9.62 Å². The van der Waals surface area contributed by atoms with Crippen LogP contribution in [-0.2, 0) is 24.3 Å². The molecule has 1 aliphatic heterocycles. The Kier molecular flexibility index (Phi) is 6.40. The third kappa shape index (κ3) is 5.18. The van der Waals surface area contributed by atoms with Crippen molar-refractivity contribution < 1.29 is 27.5 Å². The number of nitrogens with one attached hydrogen (secondary N) is 1. The number of nitrogens with zero attached hydrogens (tertiary/aromatic N) is 1. The number of imide groups is 1. The molecule has 25 heavy (non-hydrogen) atoms. The summed E-state index contributed by atoms with van der Waals surface area (Å²) >= 11 is 0. The van der Waals surface area contributed by atoms with Gasteiger partial charge in [0.2, 0.25) is 21.8 Å². The Bertz CT molecular complexity index is 741. The Balaban J connectivity index is 1.72. The van der Waals surface area contributed by atoms with Crippen molar-refractivity contribution in [1.29, 1.82) is 0 Å². The summed E-state index contributed by atoms with van der Waals surface area (Å²) in [6, 6.07) is 5.64. The number of sulfonamides is 1. The highest BCUT2D eigenvalue weighted by molar-refractivity contribution is 7.89. The first kappa shape index (κ1) is 19.2. The van der Waals surface area contributed by atoms with E-state index in [1.54, 1.807) is 0 Å². The summed E-state index contributed by atoms with van der Waals surface area (Å²) in [4.78, 5) is 35.2. The fourth-order valence-corrected chi connectivity index (χ4v) is 3.34. The lowest BCUT2D eigenvalue weighted by molar-refractivity contribution is -0.139. The summed E-state index contributed by atoms with van der Waals surface area (Å²) in [5, 5.41) is 0. The number of ketones is 1. The van der Waals surface area contributed by atoms with Gasteiger partial charge in [-0.15, -0.1) is 0 Å². The van der Waals surface area contributed by atoms with Crippen molar-refractivity contribution in [3.05, 3.63) is 29.8 Å². The molecule has 0 saturated carbocycles. The van der Waals surface area contributed by atoms with Crippen molar-refractivity contribution in [3.63, 3.8) is 0 Å². The molecule has 1 fully saturated rings. The lowest BCUT2D eigenvalue weighted by Crippen LogP contribution is -2.33. The number of hydrogen-bond acceptors (Lipinski definition) is 6. The molecule has 0 radical (unpaired) electrons. The minimum Gasteiger partial charge on any atom is -0.378 e. The fourth-order valence-electron chi connectivity index (χ4n) is 2.33. The molecule has 1 N–H and O–H groups in total. The van der Waals surface area contributed by atoms with E-state index in [1.807, 2.05) is 0 Å². The first-order chi connectivity index (χ1) is 11.8. The second-order valence-electron chi connectivity index (χ2n) is 5.53. The quantitative estimate of drug-likeness (QED) is 0.382. The van der Waals surface area contributed by atoms with Crippen LogP contribution >= 0.6 is 0 Å². The maximum absolute atomic E-state index is 12.1. The van der Waals surface area contributed by atoms with Crippen LogP contribution in [0.15, 0.2) is 29.2 Å². The van der Waals surface area contributed by atoms with E-state index in [-0.39, 0.29) is 61.6 Å². The zero-order valence-electron chi connectivity index (χ0n) is 13.9. The van der Waals surface area contributed by atoms with Crippen LogP contribution in [0.2, 0.25) is 0 Å². The average molecular weight is 368 g/mol. The van der Waals surface area contributed by atoms with Crippen molar-refractivity contribution >= 4 is 27.6 Å². The summed E-state index contributed by atoms with van der Waals surface area (Å²) in [5.74, 6) is -0.549.